The molecule has 0 aliphatic rings. The van der Waals surface area contributed by atoms with Gasteiger partial charge < -0.3 is 5.73 Å². The summed E-state index contributed by atoms with van der Waals surface area (Å²) in [6, 6.07) is 4.81. The number of rotatable bonds is 5. The van der Waals surface area contributed by atoms with Crippen molar-refractivity contribution in [3.8, 4) is 0 Å². The second-order valence-corrected chi connectivity index (χ2v) is 5.39. The topological polar surface area (TPSA) is 84.2 Å². The van der Waals surface area contributed by atoms with Crippen molar-refractivity contribution < 1.29 is 21.6 Å². The largest absolute Gasteiger partial charge is 0.402 e. The normalized spacial score (nSPS) is 12.5. The van der Waals surface area contributed by atoms with Crippen molar-refractivity contribution in [1.82, 2.24) is 4.72 Å². The Morgan fingerprint density at radius 2 is 1.95 bits per heavy atom. The molecule has 9 heteroatoms. The average molecular weight is 297 g/mol. The Balaban J connectivity index is 2.83. The highest BCUT2D eigenvalue weighted by Crippen LogP contribution is 2.18. The monoisotopic (exact) mass is 297 g/mol. The van der Waals surface area contributed by atoms with E-state index in [1.54, 1.807) is 19.1 Å². The van der Waals surface area contributed by atoms with E-state index in [4.69, 9.17) is 5.73 Å². The second-order valence-electron chi connectivity index (χ2n) is 3.90. The maximum Gasteiger partial charge on any atom is 0.402 e. The maximum absolute atomic E-state index is 12.0. The number of halogens is 3. The van der Waals surface area contributed by atoms with E-state index in [9.17, 15) is 21.6 Å². The van der Waals surface area contributed by atoms with Gasteiger partial charge in [-0.2, -0.15) is 26.3 Å². The molecule has 0 heterocycles. The number of aryl methyl sites for hydroxylation is 1. The molecule has 1 rings (SSSR count). The number of hydrogen-bond acceptors (Lipinski definition) is 3. The predicted molar refractivity (Wildman–Crippen MR) is 65.7 cm³/mol. The lowest BCUT2D eigenvalue weighted by molar-refractivity contribution is -0.121. The molecule has 1 aromatic rings. The van der Waals surface area contributed by atoms with Gasteiger partial charge in [0.05, 0.1) is 5.69 Å². The third-order valence-corrected chi connectivity index (χ3v) is 3.26. The second kappa shape index (κ2) is 5.76. The average Bonchev–Trinajstić information content (AvgIpc) is 2.29. The highest BCUT2D eigenvalue weighted by molar-refractivity contribution is 7.90. The lowest BCUT2D eigenvalue weighted by Gasteiger charge is -2.13. The minimum Gasteiger partial charge on any atom is -0.326 e. The highest BCUT2D eigenvalue weighted by atomic mass is 32.2. The minimum atomic E-state index is -4.61. The fourth-order valence-corrected chi connectivity index (χ4v) is 2.20. The molecule has 108 valence electrons. The summed E-state index contributed by atoms with van der Waals surface area (Å²) in [4.78, 5) is 0. The quantitative estimate of drug-likeness (QED) is 0.765. The molecule has 0 aromatic heterocycles. The van der Waals surface area contributed by atoms with Crippen LogP contribution in [0.1, 0.15) is 11.1 Å². The molecule has 19 heavy (non-hydrogen) atoms. The molecule has 0 saturated heterocycles. The third-order valence-electron chi connectivity index (χ3n) is 2.24. The van der Waals surface area contributed by atoms with Crippen LogP contribution in [-0.2, 0) is 16.8 Å². The van der Waals surface area contributed by atoms with Crippen LogP contribution in [0.3, 0.4) is 0 Å². The Labute approximate surface area is 109 Å². The zero-order chi connectivity index (χ0) is 14.7. The van der Waals surface area contributed by atoms with Gasteiger partial charge in [0.1, 0.15) is 6.54 Å². The lowest BCUT2D eigenvalue weighted by Crippen LogP contribution is -2.37. The predicted octanol–water partition coefficient (Wildman–Crippen LogP) is 1.26. The van der Waals surface area contributed by atoms with Gasteiger partial charge in [0, 0.05) is 6.54 Å². The van der Waals surface area contributed by atoms with Gasteiger partial charge in [-0.1, -0.05) is 12.1 Å². The van der Waals surface area contributed by atoms with E-state index < -0.39 is 22.9 Å². The Bertz CT molecular complexity index is 543. The van der Waals surface area contributed by atoms with Gasteiger partial charge in [-0.3, -0.25) is 4.72 Å². The van der Waals surface area contributed by atoms with Crippen molar-refractivity contribution in [3.05, 3.63) is 29.3 Å². The third kappa shape index (κ3) is 5.45. The molecular weight excluding hydrogens is 283 g/mol. The summed E-state index contributed by atoms with van der Waals surface area (Å²) < 4.78 is 62.2. The summed E-state index contributed by atoms with van der Waals surface area (Å²) in [6.07, 6.45) is -4.61. The maximum atomic E-state index is 12.0. The van der Waals surface area contributed by atoms with Crippen molar-refractivity contribution in [2.45, 2.75) is 19.6 Å². The molecule has 0 bridgehead atoms. The van der Waals surface area contributed by atoms with Crippen LogP contribution in [0, 0.1) is 6.92 Å². The Kier molecular flexibility index (Phi) is 4.77. The van der Waals surface area contributed by atoms with Crippen molar-refractivity contribution in [2.75, 3.05) is 11.3 Å². The summed E-state index contributed by atoms with van der Waals surface area (Å²) in [5.41, 5.74) is 6.84. The van der Waals surface area contributed by atoms with Crippen molar-refractivity contribution in [3.63, 3.8) is 0 Å². The first-order chi connectivity index (χ1) is 8.63. The van der Waals surface area contributed by atoms with E-state index >= 15 is 0 Å². The van der Waals surface area contributed by atoms with Gasteiger partial charge in [-0.05, 0) is 24.1 Å². The van der Waals surface area contributed by atoms with Crippen LogP contribution in [0.2, 0.25) is 0 Å². The van der Waals surface area contributed by atoms with Crippen molar-refractivity contribution in [2.24, 2.45) is 5.73 Å². The van der Waals surface area contributed by atoms with E-state index in [-0.39, 0.29) is 12.2 Å². The molecule has 0 amide bonds. The molecule has 5 nitrogen and oxygen atoms in total. The number of nitrogens with one attached hydrogen (secondary N) is 2. The van der Waals surface area contributed by atoms with Gasteiger partial charge >= 0.3 is 6.18 Å². The molecule has 4 N–H and O–H groups in total. The molecule has 0 saturated carbocycles. The summed E-state index contributed by atoms with van der Waals surface area (Å²) in [5.74, 6) is 0. The van der Waals surface area contributed by atoms with E-state index in [1.165, 1.54) is 10.8 Å². The molecular formula is C10H14F3N3O2S. The Morgan fingerprint density at radius 1 is 1.32 bits per heavy atom. The zero-order valence-electron chi connectivity index (χ0n) is 10.1. The molecule has 0 unspecified atom stereocenters. The fourth-order valence-electron chi connectivity index (χ4n) is 1.26. The van der Waals surface area contributed by atoms with E-state index in [0.717, 1.165) is 0 Å². The molecule has 0 aliphatic carbocycles. The first-order valence-corrected chi connectivity index (χ1v) is 6.75. The number of alkyl halides is 3. The van der Waals surface area contributed by atoms with E-state index in [2.05, 4.69) is 0 Å². The zero-order valence-corrected chi connectivity index (χ0v) is 10.9. The number of nitrogens with two attached hydrogens (primary N) is 1. The van der Waals surface area contributed by atoms with E-state index in [0.29, 0.717) is 11.1 Å². The van der Waals surface area contributed by atoms with E-state index in [1.807, 2.05) is 4.72 Å². The molecule has 0 radical (unpaired) electrons. The summed E-state index contributed by atoms with van der Waals surface area (Å²) in [6.45, 7) is 0.199. The minimum absolute atomic E-state index is 0.192. The van der Waals surface area contributed by atoms with Gasteiger partial charge in [-0.15, -0.1) is 0 Å². The Morgan fingerprint density at radius 3 is 2.47 bits per heavy atom. The smallest absolute Gasteiger partial charge is 0.326 e. The first-order valence-electron chi connectivity index (χ1n) is 5.27. The Hall–Kier alpha value is -1.32. The number of benzene rings is 1. The first kappa shape index (κ1) is 15.7. The van der Waals surface area contributed by atoms with Gasteiger partial charge in [0.25, 0.3) is 10.2 Å². The fraction of sp³-hybridized carbons (Fsp3) is 0.400. The molecule has 0 fully saturated rings. The van der Waals surface area contributed by atoms with Crippen LogP contribution >= 0.6 is 0 Å². The van der Waals surface area contributed by atoms with Crippen LogP contribution in [0.4, 0.5) is 18.9 Å². The molecule has 0 atom stereocenters. The standard InChI is InChI=1S/C10H14F3N3O2S/c1-7-2-3-8(5-14)4-9(7)16-19(17,18)15-6-10(11,12)13/h2-4,15-16H,5-6,14H2,1H3. The van der Waals surface area contributed by atoms with Crippen LogP contribution in [0.5, 0.6) is 0 Å². The summed E-state index contributed by atoms with van der Waals surface area (Å²) >= 11 is 0. The van der Waals surface area contributed by atoms with Crippen LogP contribution < -0.4 is 15.2 Å². The molecule has 0 spiro atoms. The molecule has 0 aliphatic heterocycles. The van der Waals surface area contributed by atoms with Crippen molar-refractivity contribution >= 4 is 15.9 Å². The number of anilines is 1. The van der Waals surface area contributed by atoms with Gasteiger partial charge in [0.15, 0.2) is 0 Å². The van der Waals surface area contributed by atoms with Crippen LogP contribution in [0.15, 0.2) is 18.2 Å². The summed E-state index contributed by atoms with van der Waals surface area (Å²) in [5, 5.41) is 0. The van der Waals surface area contributed by atoms with Crippen molar-refractivity contribution in [1.29, 1.82) is 0 Å². The van der Waals surface area contributed by atoms with Gasteiger partial charge in [-0.25, -0.2) is 0 Å². The molecule has 1 aromatic carbocycles. The van der Waals surface area contributed by atoms with Crippen LogP contribution in [-0.4, -0.2) is 21.1 Å². The highest BCUT2D eigenvalue weighted by Gasteiger charge is 2.29. The number of hydrogen-bond donors (Lipinski definition) is 3. The van der Waals surface area contributed by atoms with Crippen LogP contribution in [0.25, 0.3) is 0 Å². The van der Waals surface area contributed by atoms with Gasteiger partial charge in [0.2, 0.25) is 0 Å². The SMILES string of the molecule is Cc1ccc(CN)cc1NS(=O)(=O)NCC(F)(F)F. The summed E-state index contributed by atoms with van der Waals surface area (Å²) in [7, 11) is -4.28. The lowest BCUT2D eigenvalue weighted by atomic mass is 10.1.